The number of aromatic carboxylic acids is 1. The zero-order valence-corrected chi connectivity index (χ0v) is 20.0. The van der Waals surface area contributed by atoms with E-state index in [-0.39, 0.29) is 35.5 Å². The van der Waals surface area contributed by atoms with Crippen LogP contribution in [0.15, 0.2) is 24.3 Å². The Morgan fingerprint density at radius 3 is 2.41 bits per heavy atom. The summed E-state index contributed by atoms with van der Waals surface area (Å²) in [7, 11) is 2.98. The molecule has 0 radical (unpaired) electrons. The summed E-state index contributed by atoms with van der Waals surface area (Å²) >= 11 is 0. The third kappa shape index (κ3) is 6.34. The van der Waals surface area contributed by atoms with E-state index >= 15 is 0 Å². The van der Waals surface area contributed by atoms with Gasteiger partial charge in [0.15, 0.2) is 5.79 Å². The van der Waals surface area contributed by atoms with Gasteiger partial charge in [-0.05, 0) is 51.7 Å². The van der Waals surface area contributed by atoms with Crippen molar-refractivity contribution < 1.29 is 34.0 Å². The highest BCUT2D eigenvalue weighted by Crippen LogP contribution is 2.36. The van der Waals surface area contributed by atoms with Crippen molar-refractivity contribution >= 4 is 12.0 Å². The maximum Gasteiger partial charge on any atom is 0.340 e. The summed E-state index contributed by atoms with van der Waals surface area (Å²) in [5, 5.41) is 19.2. The fourth-order valence-electron chi connectivity index (χ4n) is 3.97. The molecule has 1 unspecified atom stereocenters. The molecular weight excluding hydrogens is 412 g/mol. The predicted octanol–water partition coefficient (Wildman–Crippen LogP) is 4.60. The van der Waals surface area contributed by atoms with Crippen molar-refractivity contribution in [1.82, 2.24) is 0 Å². The van der Waals surface area contributed by atoms with E-state index < -0.39 is 11.8 Å². The van der Waals surface area contributed by atoms with Gasteiger partial charge in [0.2, 0.25) is 0 Å². The quantitative estimate of drug-likeness (QED) is 0.505. The fourth-order valence-corrected chi connectivity index (χ4v) is 3.97. The first-order valence-electron chi connectivity index (χ1n) is 10.9. The second kappa shape index (κ2) is 11.0. The number of aliphatic hydroxyl groups excluding tert-OH is 1. The van der Waals surface area contributed by atoms with Crippen molar-refractivity contribution in [2.75, 3.05) is 14.2 Å². The summed E-state index contributed by atoms with van der Waals surface area (Å²) in [4.78, 5) is 11.9. The van der Waals surface area contributed by atoms with E-state index in [9.17, 15) is 15.0 Å². The Bertz CT molecular complexity index is 854. The zero-order chi connectivity index (χ0) is 24.1. The van der Waals surface area contributed by atoms with E-state index in [0.29, 0.717) is 24.2 Å². The van der Waals surface area contributed by atoms with Gasteiger partial charge < -0.3 is 29.2 Å². The number of hydrogen-bond donors (Lipinski definition) is 2. The Labute approximate surface area is 190 Å². The molecular formula is C25H36O7. The van der Waals surface area contributed by atoms with Crippen LogP contribution in [0, 0.1) is 12.8 Å². The molecule has 0 spiro atoms. The fraction of sp³-hybridized carbons (Fsp3) is 0.560. The molecule has 0 saturated carbocycles. The average molecular weight is 449 g/mol. The molecule has 4 atom stereocenters. The Hall–Kier alpha value is -2.35. The molecule has 2 rings (SSSR count). The summed E-state index contributed by atoms with van der Waals surface area (Å²) in [6.07, 6.45) is 8.06. The minimum Gasteiger partial charge on any atom is -0.496 e. The average Bonchev–Trinajstić information content (AvgIpc) is 3.02. The van der Waals surface area contributed by atoms with Gasteiger partial charge in [0.05, 0.1) is 32.5 Å². The van der Waals surface area contributed by atoms with E-state index in [1.165, 1.54) is 7.11 Å². The standard InChI is InChI=1S/C25H36O7/c1-15(10-8-11-16(2)26)23-19(31-25(4,5)32-23)13-9-12-18-17(3)20(29-6)14-21(30-7)22(18)24(27)28/h8-10,12,14-16,19,23,26H,11,13H2,1-7H3,(H,27,28)/b10-8-,12-9+/t15?,16-,19-,23-/m1/s1. The molecule has 178 valence electrons. The Kier molecular flexibility index (Phi) is 8.89. The number of carboxylic acid groups (broad SMARTS) is 1. The van der Waals surface area contributed by atoms with Crippen LogP contribution in [-0.2, 0) is 9.47 Å². The Morgan fingerprint density at radius 2 is 1.84 bits per heavy atom. The monoisotopic (exact) mass is 448 g/mol. The summed E-state index contributed by atoms with van der Waals surface area (Å²) < 4.78 is 22.9. The summed E-state index contributed by atoms with van der Waals surface area (Å²) in [5.74, 6) is -0.888. The highest BCUT2D eigenvalue weighted by molar-refractivity contribution is 5.96. The van der Waals surface area contributed by atoms with Gasteiger partial charge in [0.25, 0.3) is 0 Å². The van der Waals surface area contributed by atoms with Gasteiger partial charge >= 0.3 is 5.97 Å². The van der Waals surface area contributed by atoms with Gasteiger partial charge in [0.1, 0.15) is 17.1 Å². The van der Waals surface area contributed by atoms with Gasteiger partial charge in [-0.25, -0.2) is 4.79 Å². The first-order valence-corrected chi connectivity index (χ1v) is 10.9. The molecule has 1 aliphatic rings. The van der Waals surface area contributed by atoms with E-state index in [1.807, 2.05) is 39.0 Å². The lowest BCUT2D eigenvalue weighted by Crippen LogP contribution is -2.28. The summed E-state index contributed by atoms with van der Waals surface area (Å²) in [5.41, 5.74) is 1.35. The number of ether oxygens (including phenoxy) is 4. The molecule has 1 fully saturated rings. The summed E-state index contributed by atoms with van der Waals surface area (Å²) in [6.45, 7) is 9.40. The molecule has 0 aromatic heterocycles. The van der Waals surface area contributed by atoms with E-state index in [4.69, 9.17) is 18.9 Å². The van der Waals surface area contributed by atoms with Crippen molar-refractivity contribution in [1.29, 1.82) is 0 Å². The van der Waals surface area contributed by atoms with Gasteiger partial charge in [-0.15, -0.1) is 0 Å². The number of benzene rings is 1. The van der Waals surface area contributed by atoms with Crippen LogP contribution in [0.2, 0.25) is 0 Å². The van der Waals surface area contributed by atoms with Crippen molar-refractivity contribution in [2.24, 2.45) is 5.92 Å². The van der Waals surface area contributed by atoms with Crippen LogP contribution in [0.4, 0.5) is 0 Å². The molecule has 0 amide bonds. The van der Waals surface area contributed by atoms with Gasteiger partial charge in [0, 0.05) is 12.0 Å². The lowest BCUT2D eigenvalue weighted by molar-refractivity contribution is -0.148. The van der Waals surface area contributed by atoms with E-state index in [1.54, 1.807) is 26.2 Å². The van der Waals surface area contributed by atoms with Crippen molar-refractivity contribution in [3.05, 3.63) is 41.0 Å². The third-order valence-corrected chi connectivity index (χ3v) is 5.51. The van der Waals surface area contributed by atoms with E-state index in [2.05, 4.69) is 6.92 Å². The first kappa shape index (κ1) is 25.9. The van der Waals surface area contributed by atoms with Crippen LogP contribution in [-0.4, -0.2) is 54.5 Å². The molecule has 7 nitrogen and oxygen atoms in total. The maximum absolute atomic E-state index is 11.9. The number of carbonyl (C=O) groups is 1. The largest absolute Gasteiger partial charge is 0.496 e. The second-order valence-corrected chi connectivity index (χ2v) is 8.65. The number of aliphatic hydroxyl groups is 1. The molecule has 1 aromatic carbocycles. The van der Waals surface area contributed by atoms with Crippen molar-refractivity contribution in [3.63, 3.8) is 0 Å². The smallest absolute Gasteiger partial charge is 0.340 e. The highest BCUT2D eigenvalue weighted by Gasteiger charge is 2.42. The normalized spacial score (nSPS) is 22.4. The van der Waals surface area contributed by atoms with Gasteiger partial charge in [-0.1, -0.05) is 31.2 Å². The molecule has 1 heterocycles. The molecule has 2 N–H and O–H groups in total. The van der Waals surface area contributed by atoms with Crippen LogP contribution in [0.1, 0.15) is 62.0 Å². The minimum absolute atomic E-state index is 0.0853. The van der Waals surface area contributed by atoms with Crippen molar-refractivity contribution in [3.8, 4) is 11.5 Å². The van der Waals surface area contributed by atoms with Gasteiger partial charge in [-0.2, -0.15) is 0 Å². The lowest BCUT2D eigenvalue weighted by atomic mass is 9.95. The van der Waals surface area contributed by atoms with Crippen LogP contribution in [0.25, 0.3) is 6.08 Å². The van der Waals surface area contributed by atoms with E-state index in [0.717, 1.165) is 5.56 Å². The van der Waals surface area contributed by atoms with Crippen LogP contribution >= 0.6 is 0 Å². The first-order chi connectivity index (χ1) is 15.0. The number of carboxylic acids is 1. The molecule has 7 heteroatoms. The van der Waals surface area contributed by atoms with Gasteiger partial charge in [-0.3, -0.25) is 0 Å². The number of rotatable bonds is 10. The third-order valence-electron chi connectivity index (χ3n) is 5.51. The Balaban J connectivity index is 2.28. The summed E-state index contributed by atoms with van der Waals surface area (Å²) in [6, 6.07) is 1.59. The molecule has 1 aliphatic heterocycles. The lowest BCUT2D eigenvalue weighted by Gasteiger charge is -2.20. The molecule has 32 heavy (non-hydrogen) atoms. The Morgan fingerprint density at radius 1 is 1.19 bits per heavy atom. The minimum atomic E-state index is -1.07. The van der Waals surface area contributed by atoms with Crippen LogP contribution < -0.4 is 9.47 Å². The maximum atomic E-state index is 11.9. The van der Waals surface area contributed by atoms with Crippen molar-refractivity contribution in [2.45, 2.75) is 71.6 Å². The molecule has 1 saturated heterocycles. The second-order valence-electron chi connectivity index (χ2n) is 8.65. The number of hydrogen-bond acceptors (Lipinski definition) is 6. The molecule has 0 bridgehead atoms. The van der Waals surface area contributed by atoms with Crippen LogP contribution in [0.5, 0.6) is 11.5 Å². The zero-order valence-electron chi connectivity index (χ0n) is 20.0. The highest BCUT2D eigenvalue weighted by atomic mass is 16.8. The molecule has 0 aliphatic carbocycles. The predicted molar refractivity (Wildman–Crippen MR) is 123 cm³/mol. The number of methoxy groups -OCH3 is 2. The topological polar surface area (TPSA) is 94.5 Å². The SMILES string of the molecule is COc1cc(OC)c(C(=O)O)c(/C=C/C[C@H]2OC(C)(C)O[C@@H]2C(C)/C=C\C[C@@H](C)O)c1C. The molecule has 1 aromatic rings. The van der Waals surface area contributed by atoms with Crippen LogP contribution in [0.3, 0.4) is 0 Å².